The van der Waals surface area contributed by atoms with Gasteiger partial charge in [-0.1, -0.05) is 0 Å². The number of nitrogens with zero attached hydrogens (tertiary/aromatic N) is 5. The van der Waals surface area contributed by atoms with Crippen molar-refractivity contribution in [1.29, 1.82) is 5.26 Å². The monoisotopic (exact) mass is 245 g/mol. The second-order valence-corrected chi connectivity index (χ2v) is 4.86. The standard InChI is InChI=1S/C11H11N5S/c12-1-9-2-13-16(5-9)11-6-15(7-11)4-10-3-14-17-8-10/h2-3,5,8,11H,4,6-7H2. The molecule has 3 heterocycles. The van der Waals surface area contributed by atoms with E-state index in [4.69, 9.17) is 5.26 Å². The van der Waals surface area contributed by atoms with Crippen LogP contribution in [-0.2, 0) is 6.54 Å². The molecule has 17 heavy (non-hydrogen) atoms. The summed E-state index contributed by atoms with van der Waals surface area (Å²) in [6, 6.07) is 2.50. The van der Waals surface area contributed by atoms with Gasteiger partial charge in [-0.3, -0.25) is 9.58 Å². The van der Waals surface area contributed by atoms with Gasteiger partial charge in [-0.15, -0.1) is 0 Å². The van der Waals surface area contributed by atoms with Crippen LogP contribution in [0.5, 0.6) is 0 Å². The van der Waals surface area contributed by atoms with Crippen LogP contribution in [0.2, 0.25) is 0 Å². The Morgan fingerprint density at radius 3 is 3.00 bits per heavy atom. The van der Waals surface area contributed by atoms with Crippen LogP contribution in [0.4, 0.5) is 0 Å². The molecule has 0 saturated carbocycles. The Hall–Kier alpha value is -1.71. The largest absolute Gasteiger partial charge is 0.295 e. The summed E-state index contributed by atoms with van der Waals surface area (Å²) in [4.78, 5) is 2.35. The molecule has 1 aliphatic rings. The minimum atomic E-state index is 0.406. The fourth-order valence-electron chi connectivity index (χ4n) is 2.00. The van der Waals surface area contributed by atoms with Crippen molar-refractivity contribution in [2.75, 3.05) is 13.1 Å². The van der Waals surface area contributed by atoms with E-state index < -0.39 is 0 Å². The van der Waals surface area contributed by atoms with E-state index in [1.165, 1.54) is 17.1 Å². The van der Waals surface area contributed by atoms with Crippen molar-refractivity contribution in [3.05, 3.63) is 35.1 Å². The summed E-state index contributed by atoms with van der Waals surface area (Å²) in [7, 11) is 0. The Bertz CT molecular complexity index is 532. The summed E-state index contributed by atoms with van der Waals surface area (Å²) in [6.07, 6.45) is 5.35. The predicted octanol–water partition coefficient (Wildman–Crippen LogP) is 1.27. The second-order valence-electron chi connectivity index (χ2n) is 4.20. The fraction of sp³-hybridized carbons (Fsp3) is 0.364. The lowest BCUT2D eigenvalue weighted by atomic mass is 10.1. The van der Waals surface area contributed by atoms with Gasteiger partial charge in [-0.25, -0.2) is 4.37 Å². The minimum absolute atomic E-state index is 0.406. The second kappa shape index (κ2) is 4.28. The zero-order valence-electron chi connectivity index (χ0n) is 9.15. The average molecular weight is 245 g/mol. The lowest BCUT2D eigenvalue weighted by molar-refractivity contribution is 0.0910. The molecule has 0 spiro atoms. The number of hydrogen-bond donors (Lipinski definition) is 0. The van der Waals surface area contributed by atoms with E-state index in [-0.39, 0.29) is 0 Å². The third-order valence-electron chi connectivity index (χ3n) is 2.93. The molecule has 2 aromatic rings. The summed E-state index contributed by atoms with van der Waals surface area (Å²) in [5.74, 6) is 0. The molecule has 6 heteroatoms. The van der Waals surface area contributed by atoms with Crippen molar-refractivity contribution in [3.63, 3.8) is 0 Å². The van der Waals surface area contributed by atoms with Crippen LogP contribution in [0, 0.1) is 11.3 Å². The highest BCUT2D eigenvalue weighted by atomic mass is 32.1. The highest BCUT2D eigenvalue weighted by molar-refractivity contribution is 7.03. The molecule has 3 rings (SSSR count). The SMILES string of the molecule is N#Cc1cnn(C2CN(Cc3cnsc3)C2)c1. The van der Waals surface area contributed by atoms with Gasteiger partial charge < -0.3 is 0 Å². The first-order chi connectivity index (χ1) is 8.35. The van der Waals surface area contributed by atoms with Crippen molar-refractivity contribution in [3.8, 4) is 6.07 Å². The quantitative estimate of drug-likeness (QED) is 0.817. The van der Waals surface area contributed by atoms with Gasteiger partial charge in [0.1, 0.15) is 6.07 Å². The third kappa shape index (κ3) is 2.07. The molecule has 1 saturated heterocycles. The Morgan fingerprint density at radius 2 is 2.35 bits per heavy atom. The summed E-state index contributed by atoms with van der Waals surface area (Å²) in [5, 5.41) is 15.0. The highest BCUT2D eigenvalue weighted by Gasteiger charge is 2.28. The van der Waals surface area contributed by atoms with Crippen molar-refractivity contribution < 1.29 is 0 Å². The molecule has 0 unspecified atom stereocenters. The van der Waals surface area contributed by atoms with Crippen LogP contribution in [0.1, 0.15) is 17.2 Å². The van der Waals surface area contributed by atoms with Gasteiger partial charge in [0.15, 0.2) is 0 Å². The Kier molecular flexibility index (Phi) is 2.63. The van der Waals surface area contributed by atoms with Gasteiger partial charge in [0.25, 0.3) is 0 Å². The van der Waals surface area contributed by atoms with Crippen LogP contribution < -0.4 is 0 Å². The zero-order valence-corrected chi connectivity index (χ0v) is 9.97. The maximum absolute atomic E-state index is 8.73. The molecule has 0 amide bonds. The minimum Gasteiger partial charge on any atom is -0.295 e. The molecule has 0 atom stereocenters. The summed E-state index contributed by atoms with van der Waals surface area (Å²) >= 11 is 1.49. The summed E-state index contributed by atoms with van der Waals surface area (Å²) < 4.78 is 5.98. The number of rotatable bonds is 3. The van der Waals surface area contributed by atoms with Crippen LogP contribution in [0.25, 0.3) is 0 Å². The van der Waals surface area contributed by atoms with E-state index in [1.807, 2.05) is 17.1 Å². The molecule has 0 radical (unpaired) electrons. The average Bonchev–Trinajstić information content (AvgIpc) is 2.94. The lowest BCUT2D eigenvalue weighted by Gasteiger charge is -2.38. The molecule has 86 valence electrons. The number of aromatic nitrogens is 3. The first kappa shape index (κ1) is 10.4. The molecule has 0 aliphatic carbocycles. The van der Waals surface area contributed by atoms with Crippen LogP contribution in [-0.4, -0.2) is 32.1 Å². The topological polar surface area (TPSA) is 57.7 Å². The third-order valence-corrected chi connectivity index (χ3v) is 3.57. The van der Waals surface area contributed by atoms with E-state index >= 15 is 0 Å². The molecule has 1 aliphatic heterocycles. The maximum Gasteiger partial charge on any atom is 0.102 e. The van der Waals surface area contributed by atoms with E-state index in [0.29, 0.717) is 11.6 Å². The van der Waals surface area contributed by atoms with Crippen LogP contribution >= 0.6 is 11.5 Å². The summed E-state index contributed by atoms with van der Waals surface area (Å²) in [5.41, 5.74) is 1.90. The molecular formula is C11H11N5S. The molecule has 5 nitrogen and oxygen atoms in total. The molecule has 0 aromatic carbocycles. The zero-order chi connectivity index (χ0) is 11.7. The van der Waals surface area contributed by atoms with Gasteiger partial charge in [-0.05, 0) is 17.1 Å². The van der Waals surface area contributed by atoms with Crippen molar-refractivity contribution in [2.45, 2.75) is 12.6 Å². The Morgan fingerprint density at radius 1 is 1.47 bits per heavy atom. The first-order valence-electron chi connectivity index (χ1n) is 5.40. The highest BCUT2D eigenvalue weighted by Crippen LogP contribution is 2.22. The molecular weight excluding hydrogens is 234 g/mol. The van der Waals surface area contributed by atoms with E-state index in [2.05, 4.69) is 25.8 Å². The smallest absolute Gasteiger partial charge is 0.102 e. The number of hydrogen-bond acceptors (Lipinski definition) is 5. The van der Waals surface area contributed by atoms with Crippen molar-refractivity contribution >= 4 is 11.5 Å². The normalized spacial score (nSPS) is 16.6. The van der Waals surface area contributed by atoms with E-state index in [0.717, 1.165) is 19.6 Å². The molecule has 0 bridgehead atoms. The summed E-state index contributed by atoms with van der Waals surface area (Å²) in [6.45, 7) is 2.93. The van der Waals surface area contributed by atoms with Gasteiger partial charge in [-0.2, -0.15) is 10.4 Å². The molecule has 0 N–H and O–H groups in total. The van der Waals surface area contributed by atoms with Crippen LogP contribution in [0.15, 0.2) is 24.0 Å². The number of nitriles is 1. The lowest BCUT2D eigenvalue weighted by Crippen LogP contribution is -2.47. The van der Waals surface area contributed by atoms with Gasteiger partial charge in [0.05, 0.1) is 17.8 Å². The Balaban J connectivity index is 1.56. The predicted molar refractivity (Wildman–Crippen MR) is 63.4 cm³/mol. The van der Waals surface area contributed by atoms with Crippen LogP contribution in [0.3, 0.4) is 0 Å². The van der Waals surface area contributed by atoms with Crippen molar-refractivity contribution in [2.24, 2.45) is 0 Å². The number of likely N-dealkylation sites (tertiary alicyclic amines) is 1. The van der Waals surface area contributed by atoms with Crippen molar-refractivity contribution in [1.82, 2.24) is 19.1 Å². The van der Waals surface area contributed by atoms with Gasteiger partial charge in [0, 0.05) is 37.4 Å². The van der Waals surface area contributed by atoms with Gasteiger partial charge >= 0.3 is 0 Å². The van der Waals surface area contributed by atoms with E-state index in [1.54, 1.807) is 6.20 Å². The molecule has 2 aromatic heterocycles. The first-order valence-corrected chi connectivity index (χ1v) is 6.23. The van der Waals surface area contributed by atoms with Gasteiger partial charge in [0.2, 0.25) is 0 Å². The molecule has 1 fully saturated rings. The Labute approximate surface area is 103 Å². The maximum atomic E-state index is 8.73. The van der Waals surface area contributed by atoms with E-state index in [9.17, 15) is 0 Å². The fourth-order valence-corrected chi connectivity index (χ4v) is 2.53.